The molecule has 1 aromatic rings. The zero-order chi connectivity index (χ0) is 12.3. The number of ether oxygens (including phenoxy) is 1. The van der Waals surface area contributed by atoms with Gasteiger partial charge in [0, 0.05) is 11.8 Å². The number of nitrogens with one attached hydrogen (secondary N) is 1. The topological polar surface area (TPSA) is 58.6 Å². The number of carbonyl (C=O) groups is 1. The maximum atomic E-state index is 11.9. The van der Waals surface area contributed by atoms with Crippen LogP contribution in [-0.2, 0) is 0 Å². The molecular formula is C8H5BrF3NO3. The van der Waals surface area contributed by atoms with Crippen LogP contribution in [0, 0.1) is 0 Å². The number of hydrogen-bond donors (Lipinski definition) is 2. The van der Waals surface area contributed by atoms with E-state index in [1.165, 1.54) is 12.1 Å². The van der Waals surface area contributed by atoms with E-state index in [0.29, 0.717) is 0 Å². The van der Waals surface area contributed by atoms with Gasteiger partial charge in [0.15, 0.2) is 0 Å². The molecule has 88 valence electrons. The zero-order valence-electron chi connectivity index (χ0n) is 7.51. The second-order valence-electron chi connectivity index (χ2n) is 2.62. The highest BCUT2D eigenvalue weighted by Crippen LogP contribution is 2.32. The number of hydrogen-bond acceptors (Lipinski definition) is 2. The third-order valence-electron chi connectivity index (χ3n) is 1.41. The van der Waals surface area contributed by atoms with Crippen LogP contribution in [0.4, 0.5) is 23.7 Å². The molecule has 0 aromatic heterocycles. The molecule has 0 saturated carbocycles. The second-order valence-corrected chi connectivity index (χ2v) is 3.48. The summed E-state index contributed by atoms with van der Waals surface area (Å²) in [6.45, 7) is 0. The molecule has 0 bridgehead atoms. The SMILES string of the molecule is O=C(O)Nc1ccc(Br)c(OC(F)(F)F)c1. The molecule has 0 heterocycles. The summed E-state index contributed by atoms with van der Waals surface area (Å²) in [6.07, 6.45) is -6.20. The highest BCUT2D eigenvalue weighted by Gasteiger charge is 2.32. The zero-order valence-corrected chi connectivity index (χ0v) is 9.09. The lowest BCUT2D eigenvalue weighted by molar-refractivity contribution is -0.274. The molecule has 0 saturated heterocycles. The Labute approximate surface area is 96.1 Å². The number of halogens is 4. The molecule has 2 N–H and O–H groups in total. The van der Waals surface area contributed by atoms with Crippen LogP contribution < -0.4 is 10.1 Å². The minimum Gasteiger partial charge on any atom is -0.465 e. The van der Waals surface area contributed by atoms with Crippen LogP contribution in [0.1, 0.15) is 0 Å². The summed E-state index contributed by atoms with van der Waals surface area (Å²) in [5.41, 5.74) is -0.0186. The maximum Gasteiger partial charge on any atom is 0.573 e. The van der Waals surface area contributed by atoms with E-state index in [0.717, 1.165) is 6.07 Å². The fourth-order valence-electron chi connectivity index (χ4n) is 0.907. The third-order valence-corrected chi connectivity index (χ3v) is 2.06. The second kappa shape index (κ2) is 4.60. The number of amides is 1. The Morgan fingerprint density at radius 1 is 1.44 bits per heavy atom. The van der Waals surface area contributed by atoms with Crippen molar-refractivity contribution >= 4 is 27.7 Å². The Bertz CT molecular complexity index is 408. The van der Waals surface area contributed by atoms with Crippen LogP contribution in [-0.4, -0.2) is 17.6 Å². The van der Waals surface area contributed by atoms with E-state index >= 15 is 0 Å². The molecule has 1 amide bonds. The van der Waals surface area contributed by atoms with Crippen LogP contribution in [0.2, 0.25) is 0 Å². The van der Waals surface area contributed by atoms with Crippen LogP contribution in [0.3, 0.4) is 0 Å². The Balaban J connectivity index is 2.95. The molecular weight excluding hydrogens is 295 g/mol. The van der Waals surface area contributed by atoms with E-state index in [4.69, 9.17) is 5.11 Å². The first-order valence-electron chi connectivity index (χ1n) is 3.83. The van der Waals surface area contributed by atoms with Crippen molar-refractivity contribution in [1.29, 1.82) is 0 Å². The van der Waals surface area contributed by atoms with E-state index in [1.54, 1.807) is 0 Å². The van der Waals surface area contributed by atoms with E-state index < -0.39 is 18.2 Å². The lowest BCUT2D eigenvalue weighted by Gasteiger charge is -2.11. The maximum absolute atomic E-state index is 11.9. The molecule has 16 heavy (non-hydrogen) atoms. The van der Waals surface area contributed by atoms with Gasteiger partial charge < -0.3 is 9.84 Å². The largest absolute Gasteiger partial charge is 0.573 e. The van der Waals surface area contributed by atoms with Gasteiger partial charge in [-0.1, -0.05) is 0 Å². The van der Waals surface area contributed by atoms with E-state index in [9.17, 15) is 18.0 Å². The highest BCUT2D eigenvalue weighted by molar-refractivity contribution is 9.10. The minimum absolute atomic E-state index is 0.0186. The Morgan fingerprint density at radius 2 is 2.06 bits per heavy atom. The minimum atomic E-state index is -4.83. The molecule has 0 spiro atoms. The lowest BCUT2D eigenvalue weighted by atomic mass is 10.3. The molecule has 8 heteroatoms. The van der Waals surface area contributed by atoms with Gasteiger partial charge in [0.2, 0.25) is 0 Å². The summed E-state index contributed by atoms with van der Waals surface area (Å²) < 4.78 is 39.6. The molecule has 0 fully saturated rings. The molecule has 0 radical (unpaired) electrons. The first kappa shape index (κ1) is 12.6. The number of anilines is 1. The molecule has 0 aliphatic carbocycles. The van der Waals surface area contributed by atoms with Gasteiger partial charge in [0.1, 0.15) is 5.75 Å². The van der Waals surface area contributed by atoms with Crippen molar-refractivity contribution in [2.75, 3.05) is 5.32 Å². The predicted molar refractivity (Wildman–Crippen MR) is 52.5 cm³/mol. The Morgan fingerprint density at radius 3 is 2.56 bits per heavy atom. The van der Waals surface area contributed by atoms with Crippen LogP contribution >= 0.6 is 15.9 Å². The number of carboxylic acid groups (broad SMARTS) is 1. The van der Waals surface area contributed by atoms with Crippen molar-refractivity contribution < 1.29 is 27.8 Å². The summed E-state index contributed by atoms with van der Waals surface area (Å²) in [6, 6.07) is 3.46. The summed E-state index contributed by atoms with van der Waals surface area (Å²) in [5, 5.41) is 10.3. The van der Waals surface area contributed by atoms with E-state index in [2.05, 4.69) is 20.7 Å². The van der Waals surface area contributed by atoms with Crippen molar-refractivity contribution in [2.45, 2.75) is 6.36 Å². The summed E-state index contributed by atoms with van der Waals surface area (Å²) in [4.78, 5) is 10.3. The van der Waals surface area contributed by atoms with E-state index in [-0.39, 0.29) is 10.2 Å². The average molecular weight is 300 g/mol. The van der Waals surface area contributed by atoms with Crippen molar-refractivity contribution in [3.05, 3.63) is 22.7 Å². The number of benzene rings is 1. The van der Waals surface area contributed by atoms with E-state index in [1.807, 2.05) is 5.32 Å². The van der Waals surface area contributed by atoms with Crippen molar-refractivity contribution in [2.24, 2.45) is 0 Å². The van der Waals surface area contributed by atoms with Crippen LogP contribution in [0.5, 0.6) is 5.75 Å². The van der Waals surface area contributed by atoms with Crippen molar-refractivity contribution in [3.63, 3.8) is 0 Å². The van der Waals surface area contributed by atoms with Gasteiger partial charge in [-0.2, -0.15) is 0 Å². The number of rotatable bonds is 2. The Kier molecular flexibility index (Phi) is 3.63. The predicted octanol–water partition coefficient (Wildman–Crippen LogP) is 3.44. The molecule has 0 aliphatic rings. The quantitative estimate of drug-likeness (QED) is 0.879. The fourth-order valence-corrected chi connectivity index (χ4v) is 1.24. The molecule has 0 aliphatic heterocycles. The average Bonchev–Trinajstić information content (AvgIpc) is 2.07. The number of alkyl halides is 3. The smallest absolute Gasteiger partial charge is 0.465 e. The summed E-state index contributed by atoms with van der Waals surface area (Å²) in [5.74, 6) is -0.515. The first-order chi connectivity index (χ1) is 7.28. The van der Waals surface area contributed by atoms with Gasteiger partial charge in [-0.3, -0.25) is 5.32 Å². The van der Waals surface area contributed by atoms with Crippen molar-refractivity contribution in [3.8, 4) is 5.75 Å². The van der Waals surface area contributed by atoms with Gasteiger partial charge in [0.05, 0.1) is 4.47 Å². The Hall–Kier alpha value is -1.44. The molecule has 1 aromatic carbocycles. The lowest BCUT2D eigenvalue weighted by Crippen LogP contribution is -2.17. The van der Waals surface area contributed by atoms with Crippen LogP contribution in [0.15, 0.2) is 22.7 Å². The fraction of sp³-hybridized carbons (Fsp3) is 0.125. The molecule has 4 nitrogen and oxygen atoms in total. The summed E-state index contributed by atoms with van der Waals surface area (Å²) in [7, 11) is 0. The molecule has 0 atom stereocenters. The van der Waals surface area contributed by atoms with Gasteiger partial charge in [0.25, 0.3) is 0 Å². The van der Waals surface area contributed by atoms with Gasteiger partial charge in [-0.25, -0.2) is 4.79 Å². The van der Waals surface area contributed by atoms with Crippen molar-refractivity contribution in [1.82, 2.24) is 0 Å². The third kappa shape index (κ3) is 3.97. The van der Waals surface area contributed by atoms with Gasteiger partial charge in [-0.05, 0) is 28.1 Å². The normalized spacial score (nSPS) is 11.0. The molecule has 1 rings (SSSR count). The van der Waals surface area contributed by atoms with Gasteiger partial charge >= 0.3 is 12.5 Å². The standard InChI is InChI=1S/C8H5BrF3NO3/c9-5-2-1-4(13-7(14)15)3-6(5)16-8(10,11)12/h1-3,13H,(H,14,15). The molecule has 0 unspecified atom stereocenters. The van der Waals surface area contributed by atoms with Crippen LogP contribution in [0.25, 0.3) is 0 Å². The summed E-state index contributed by atoms with van der Waals surface area (Å²) >= 11 is 2.85. The first-order valence-corrected chi connectivity index (χ1v) is 4.62. The van der Waals surface area contributed by atoms with Gasteiger partial charge in [-0.15, -0.1) is 13.2 Å². The monoisotopic (exact) mass is 299 g/mol. The highest BCUT2D eigenvalue weighted by atomic mass is 79.9.